The van der Waals surface area contributed by atoms with Crippen molar-refractivity contribution in [1.29, 1.82) is 0 Å². The Morgan fingerprint density at radius 2 is 1.78 bits per heavy atom. The van der Waals surface area contributed by atoms with Gasteiger partial charge in [-0.15, -0.1) is 0 Å². The summed E-state index contributed by atoms with van der Waals surface area (Å²) in [6.07, 6.45) is 8.98. The monoisotopic (exact) mass is 253 g/mol. The summed E-state index contributed by atoms with van der Waals surface area (Å²) in [5.41, 5.74) is 5.69. The smallest absolute Gasteiger partial charge is 0.142 e. The molecule has 1 saturated carbocycles. The lowest BCUT2D eigenvalue weighted by atomic mass is 9.83. The first kappa shape index (κ1) is 13.7. The van der Waals surface area contributed by atoms with Crippen molar-refractivity contribution in [3.63, 3.8) is 0 Å². The number of hydrogen-bond acceptors (Lipinski definition) is 3. The van der Waals surface area contributed by atoms with E-state index < -0.39 is 0 Å². The van der Waals surface area contributed by atoms with Gasteiger partial charge in [-0.25, -0.2) is 0 Å². The number of piperidine rings is 1. The molecule has 4 nitrogen and oxygen atoms in total. The van der Waals surface area contributed by atoms with Crippen molar-refractivity contribution in [1.82, 2.24) is 4.90 Å². The molecule has 2 aliphatic rings. The molecule has 0 aromatic carbocycles. The first-order valence-corrected chi connectivity index (χ1v) is 7.46. The molecule has 18 heavy (non-hydrogen) atoms. The van der Waals surface area contributed by atoms with Crippen LogP contribution in [0.4, 0.5) is 0 Å². The van der Waals surface area contributed by atoms with Crippen molar-refractivity contribution in [2.45, 2.75) is 57.9 Å². The lowest BCUT2D eigenvalue weighted by Gasteiger charge is -2.40. The highest BCUT2D eigenvalue weighted by atomic mass is 16.4. The number of amidine groups is 1. The van der Waals surface area contributed by atoms with Gasteiger partial charge in [0.15, 0.2) is 0 Å². The van der Waals surface area contributed by atoms with E-state index in [2.05, 4.69) is 17.0 Å². The predicted molar refractivity (Wildman–Crippen MR) is 73.7 cm³/mol. The van der Waals surface area contributed by atoms with Crippen molar-refractivity contribution in [2.75, 3.05) is 13.1 Å². The standard InChI is InChI=1S/C14H27N3O/c1-2-11-3-5-13(6-4-11)17-9-7-12(8-10-17)14(15)16-18/h11-13,18H,2-10H2,1H3,(H2,15,16). The topological polar surface area (TPSA) is 61.8 Å². The molecule has 0 spiro atoms. The van der Waals surface area contributed by atoms with Gasteiger partial charge in [-0.3, -0.25) is 0 Å². The Balaban J connectivity index is 1.77. The number of nitrogens with zero attached hydrogens (tertiary/aromatic N) is 2. The molecule has 0 amide bonds. The van der Waals surface area contributed by atoms with E-state index in [1.165, 1.54) is 32.1 Å². The zero-order chi connectivity index (χ0) is 13.0. The van der Waals surface area contributed by atoms with Crippen LogP contribution in [0, 0.1) is 11.8 Å². The van der Waals surface area contributed by atoms with Crippen LogP contribution in [0.5, 0.6) is 0 Å². The third kappa shape index (κ3) is 3.16. The molecule has 0 bridgehead atoms. The van der Waals surface area contributed by atoms with Crippen molar-refractivity contribution < 1.29 is 5.21 Å². The minimum absolute atomic E-state index is 0.290. The molecule has 2 fully saturated rings. The van der Waals surface area contributed by atoms with Gasteiger partial charge >= 0.3 is 0 Å². The quantitative estimate of drug-likeness (QED) is 0.351. The zero-order valence-corrected chi connectivity index (χ0v) is 11.5. The van der Waals surface area contributed by atoms with Gasteiger partial charge in [0, 0.05) is 12.0 Å². The van der Waals surface area contributed by atoms with Crippen LogP contribution in [0.15, 0.2) is 5.16 Å². The highest BCUT2D eigenvalue weighted by molar-refractivity contribution is 5.82. The van der Waals surface area contributed by atoms with Crippen LogP contribution in [0.2, 0.25) is 0 Å². The van der Waals surface area contributed by atoms with Crippen LogP contribution in [0.1, 0.15) is 51.9 Å². The van der Waals surface area contributed by atoms with Crippen LogP contribution >= 0.6 is 0 Å². The molecular formula is C14H27N3O. The van der Waals surface area contributed by atoms with E-state index in [1.807, 2.05) is 0 Å². The third-order valence-corrected chi connectivity index (χ3v) is 4.97. The Morgan fingerprint density at radius 1 is 1.17 bits per heavy atom. The second-order valence-corrected chi connectivity index (χ2v) is 5.92. The Morgan fingerprint density at radius 3 is 2.28 bits per heavy atom. The molecule has 1 aliphatic carbocycles. The SMILES string of the molecule is CCC1CCC(N2CCC(C(N)=NO)CC2)CC1. The van der Waals surface area contributed by atoms with Crippen LogP contribution in [-0.2, 0) is 0 Å². The summed E-state index contributed by atoms with van der Waals surface area (Å²) in [5, 5.41) is 11.9. The van der Waals surface area contributed by atoms with E-state index in [-0.39, 0.29) is 0 Å². The van der Waals surface area contributed by atoms with Gasteiger partial charge in [0.05, 0.1) is 0 Å². The van der Waals surface area contributed by atoms with Crippen molar-refractivity contribution in [3.8, 4) is 0 Å². The molecule has 3 N–H and O–H groups in total. The Kier molecular flexibility index (Phi) is 4.87. The van der Waals surface area contributed by atoms with E-state index in [9.17, 15) is 0 Å². The van der Waals surface area contributed by atoms with E-state index in [4.69, 9.17) is 10.9 Å². The largest absolute Gasteiger partial charge is 0.409 e. The van der Waals surface area contributed by atoms with Gasteiger partial charge in [0.2, 0.25) is 0 Å². The summed E-state index contributed by atoms with van der Waals surface area (Å²) in [6.45, 7) is 4.54. The second kappa shape index (κ2) is 6.41. The summed E-state index contributed by atoms with van der Waals surface area (Å²) in [5.74, 6) is 1.68. The molecule has 0 unspecified atom stereocenters. The average Bonchev–Trinajstić information content (AvgIpc) is 2.47. The van der Waals surface area contributed by atoms with Gasteiger partial charge in [-0.1, -0.05) is 18.5 Å². The van der Waals surface area contributed by atoms with E-state index in [1.54, 1.807) is 0 Å². The molecule has 1 heterocycles. The van der Waals surface area contributed by atoms with Crippen LogP contribution < -0.4 is 5.73 Å². The van der Waals surface area contributed by atoms with E-state index in [0.717, 1.165) is 37.9 Å². The van der Waals surface area contributed by atoms with Gasteiger partial charge < -0.3 is 15.8 Å². The molecule has 1 aliphatic heterocycles. The van der Waals surface area contributed by atoms with E-state index in [0.29, 0.717) is 11.8 Å². The molecule has 2 rings (SSSR count). The van der Waals surface area contributed by atoms with Crippen molar-refractivity contribution >= 4 is 5.84 Å². The van der Waals surface area contributed by atoms with Crippen molar-refractivity contribution in [3.05, 3.63) is 0 Å². The molecule has 4 heteroatoms. The number of rotatable bonds is 3. The minimum atomic E-state index is 0.290. The number of oxime groups is 1. The van der Waals surface area contributed by atoms with Crippen molar-refractivity contribution in [2.24, 2.45) is 22.7 Å². The number of likely N-dealkylation sites (tertiary alicyclic amines) is 1. The Hall–Kier alpha value is -0.770. The Bertz CT molecular complexity index is 277. The maximum atomic E-state index is 8.71. The predicted octanol–water partition coefficient (Wildman–Crippen LogP) is 2.41. The molecule has 0 radical (unpaired) electrons. The van der Waals surface area contributed by atoms with Gasteiger partial charge in [0.1, 0.15) is 5.84 Å². The first-order valence-electron chi connectivity index (χ1n) is 7.46. The second-order valence-electron chi connectivity index (χ2n) is 5.92. The molecule has 104 valence electrons. The maximum Gasteiger partial charge on any atom is 0.142 e. The van der Waals surface area contributed by atoms with Crippen LogP contribution in [0.3, 0.4) is 0 Å². The fraction of sp³-hybridized carbons (Fsp3) is 0.929. The third-order valence-electron chi connectivity index (χ3n) is 4.97. The fourth-order valence-corrected chi connectivity index (χ4v) is 3.56. The molecule has 1 saturated heterocycles. The van der Waals surface area contributed by atoms with Gasteiger partial charge in [-0.2, -0.15) is 0 Å². The zero-order valence-electron chi connectivity index (χ0n) is 11.5. The highest BCUT2D eigenvalue weighted by Gasteiger charge is 2.29. The van der Waals surface area contributed by atoms with Gasteiger partial charge in [-0.05, 0) is 57.5 Å². The first-order chi connectivity index (χ1) is 8.74. The fourth-order valence-electron chi connectivity index (χ4n) is 3.56. The highest BCUT2D eigenvalue weighted by Crippen LogP contribution is 2.31. The van der Waals surface area contributed by atoms with Crippen LogP contribution in [-0.4, -0.2) is 35.1 Å². The summed E-state index contributed by atoms with van der Waals surface area (Å²) in [7, 11) is 0. The summed E-state index contributed by atoms with van der Waals surface area (Å²) in [6, 6.07) is 0.793. The Labute approximate surface area is 110 Å². The lowest BCUT2D eigenvalue weighted by molar-refractivity contribution is 0.104. The maximum absolute atomic E-state index is 8.71. The molecule has 0 aromatic heterocycles. The number of hydrogen-bond donors (Lipinski definition) is 2. The molecular weight excluding hydrogens is 226 g/mol. The lowest BCUT2D eigenvalue weighted by Crippen LogP contribution is -2.45. The normalized spacial score (nSPS) is 32.6. The summed E-state index contributed by atoms with van der Waals surface area (Å²) < 4.78 is 0. The van der Waals surface area contributed by atoms with Gasteiger partial charge in [0.25, 0.3) is 0 Å². The van der Waals surface area contributed by atoms with Crippen LogP contribution in [0.25, 0.3) is 0 Å². The molecule has 0 aromatic rings. The molecule has 0 atom stereocenters. The van der Waals surface area contributed by atoms with E-state index >= 15 is 0 Å². The average molecular weight is 253 g/mol. The minimum Gasteiger partial charge on any atom is -0.409 e. The summed E-state index contributed by atoms with van der Waals surface area (Å²) in [4.78, 5) is 2.63. The summed E-state index contributed by atoms with van der Waals surface area (Å²) >= 11 is 0. The number of nitrogens with two attached hydrogens (primary N) is 1.